The molecule has 11 heteroatoms. The molecule has 0 saturated heterocycles. The number of hydrogen-bond acceptors (Lipinski definition) is 7. The first-order valence-electron chi connectivity index (χ1n) is 9.13. The summed E-state index contributed by atoms with van der Waals surface area (Å²) in [6.07, 6.45) is -0.936. The zero-order valence-corrected chi connectivity index (χ0v) is 17.8. The molecule has 0 aliphatic rings. The van der Waals surface area contributed by atoms with Gasteiger partial charge in [0, 0.05) is 6.42 Å². The number of primary amides is 1. The van der Waals surface area contributed by atoms with Crippen molar-refractivity contribution in [2.24, 2.45) is 5.73 Å². The second kappa shape index (κ2) is 11.2. The zero-order valence-electron chi connectivity index (χ0n) is 17.8. The highest BCUT2D eigenvalue weighted by Crippen LogP contribution is 2.10. The number of rotatable bonds is 9. The number of esters is 1. The van der Waals surface area contributed by atoms with E-state index in [0.717, 1.165) is 0 Å². The van der Waals surface area contributed by atoms with Gasteiger partial charge >= 0.3 is 12.1 Å². The van der Waals surface area contributed by atoms with Crippen LogP contribution >= 0.6 is 0 Å². The van der Waals surface area contributed by atoms with Gasteiger partial charge in [0.05, 0.1) is 6.54 Å². The molecule has 0 heterocycles. The highest BCUT2D eigenvalue weighted by atomic mass is 16.6. The molecule has 29 heavy (non-hydrogen) atoms. The SMILES string of the molecule is CC(C)(C)OC(=O)NCC(=O)NCC(=O)NC(CCC(N)=O)C(=O)OC(C)(C)C. The summed E-state index contributed by atoms with van der Waals surface area (Å²) in [4.78, 5) is 58.4. The van der Waals surface area contributed by atoms with E-state index < -0.39 is 53.6 Å². The standard InChI is InChI=1S/C18H32N4O7/c1-17(2,3)28-15(26)11(7-8-12(19)23)22-14(25)10-20-13(24)9-21-16(27)29-18(4,5)6/h11H,7-10H2,1-6H3,(H2,19,23)(H,20,24)(H,21,27)(H,22,25). The highest BCUT2D eigenvalue weighted by molar-refractivity contribution is 5.89. The van der Waals surface area contributed by atoms with Gasteiger partial charge in [0.25, 0.3) is 0 Å². The first kappa shape index (κ1) is 26.1. The lowest BCUT2D eigenvalue weighted by atomic mass is 10.1. The van der Waals surface area contributed by atoms with Gasteiger partial charge in [0.1, 0.15) is 23.8 Å². The molecular weight excluding hydrogens is 384 g/mol. The monoisotopic (exact) mass is 416 g/mol. The van der Waals surface area contributed by atoms with Gasteiger partial charge in [-0.1, -0.05) is 0 Å². The van der Waals surface area contributed by atoms with Crippen LogP contribution in [0.25, 0.3) is 0 Å². The van der Waals surface area contributed by atoms with Gasteiger partial charge in [-0.3, -0.25) is 14.4 Å². The Bertz CT molecular complexity index is 621. The van der Waals surface area contributed by atoms with Crippen molar-refractivity contribution in [3.63, 3.8) is 0 Å². The van der Waals surface area contributed by atoms with Crippen molar-refractivity contribution < 1.29 is 33.4 Å². The van der Waals surface area contributed by atoms with Crippen molar-refractivity contribution in [1.29, 1.82) is 0 Å². The Morgan fingerprint density at radius 3 is 1.83 bits per heavy atom. The molecule has 0 aliphatic carbocycles. The van der Waals surface area contributed by atoms with Crippen molar-refractivity contribution in [2.45, 2.75) is 71.6 Å². The molecule has 0 fully saturated rings. The molecule has 1 unspecified atom stereocenters. The Hall–Kier alpha value is -2.85. The Balaban J connectivity index is 4.55. The average molecular weight is 416 g/mol. The van der Waals surface area contributed by atoms with E-state index in [1.165, 1.54) is 0 Å². The topological polar surface area (TPSA) is 166 Å². The molecule has 0 aliphatic heterocycles. The van der Waals surface area contributed by atoms with Crippen molar-refractivity contribution in [2.75, 3.05) is 13.1 Å². The van der Waals surface area contributed by atoms with Crippen LogP contribution in [0.2, 0.25) is 0 Å². The molecule has 0 bridgehead atoms. The maximum absolute atomic E-state index is 12.2. The van der Waals surface area contributed by atoms with Crippen LogP contribution in [0.15, 0.2) is 0 Å². The Kier molecular flexibility index (Phi) is 10.1. The van der Waals surface area contributed by atoms with Gasteiger partial charge < -0.3 is 31.2 Å². The molecule has 0 saturated carbocycles. The molecule has 0 radical (unpaired) electrons. The van der Waals surface area contributed by atoms with E-state index in [2.05, 4.69) is 16.0 Å². The minimum atomic E-state index is -1.09. The predicted octanol–water partition coefficient (Wildman–Crippen LogP) is -0.281. The van der Waals surface area contributed by atoms with E-state index >= 15 is 0 Å². The summed E-state index contributed by atoms with van der Waals surface area (Å²) in [6, 6.07) is -1.09. The van der Waals surface area contributed by atoms with Crippen LogP contribution in [0.5, 0.6) is 0 Å². The quantitative estimate of drug-likeness (QED) is 0.375. The first-order chi connectivity index (χ1) is 13.1. The van der Waals surface area contributed by atoms with Crippen LogP contribution in [-0.4, -0.2) is 60.1 Å². The van der Waals surface area contributed by atoms with Crippen LogP contribution in [0.4, 0.5) is 4.79 Å². The van der Waals surface area contributed by atoms with E-state index in [9.17, 15) is 24.0 Å². The van der Waals surface area contributed by atoms with E-state index in [-0.39, 0.29) is 19.4 Å². The van der Waals surface area contributed by atoms with Gasteiger partial charge in [0.15, 0.2) is 0 Å². The van der Waals surface area contributed by atoms with Crippen molar-refractivity contribution >= 4 is 29.8 Å². The minimum absolute atomic E-state index is 0.0376. The van der Waals surface area contributed by atoms with Gasteiger partial charge in [-0.15, -0.1) is 0 Å². The van der Waals surface area contributed by atoms with Gasteiger partial charge in [0.2, 0.25) is 17.7 Å². The van der Waals surface area contributed by atoms with E-state index in [1.54, 1.807) is 41.5 Å². The van der Waals surface area contributed by atoms with E-state index in [4.69, 9.17) is 15.2 Å². The van der Waals surface area contributed by atoms with Gasteiger partial charge in [-0.2, -0.15) is 0 Å². The highest BCUT2D eigenvalue weighted by Gasteiger charge is 2.27. The molecule has 1 atom stereocenters. The fourth-order valence-corrected chi connectivity index (χ4v) is 1.86. The van der Waals surface area contributed by atoms with Gasteiger partial charge in [-0.05, 0) is 48.0 Å². The third-order valence-electron chi connectivity index (χ3n) is 2.94. The van der Waals surface area contributed by atoms with Crippen LogP contribution in [0, 0.1) is 0 Å². The molecule has 0 aromatic rings. The van der Waals surface area contributed by atoms with E-state index in [0.29, 0.717) is 0 Å². The number of carbonyl (C=O) groups excluding carboxylic acids is 5. The van der Waals surface area contributed by atoms with Crippen molar-refractivity contribution in [1.82, 2.24) is 16.0 Å². The number of hydrogen-bond donors (Lipinski definition) is 4. The molecule has 5 N–H and O–H groups in total. The Labute approximate surface area is 170 Å². The number of alkyl carbamates (subject to hydrolysis) is 1. The Morgan fingerprint density at radius 2 is 1.34 bits per heavy atom. The average Bonchev–Trinajstić information content (AvgIpc) is 2.51. The van der Waals surface area contributed by atoms with Crippen molar-refractivity contribution in [3.05, 3.63) is 0 Å². The summed E-state index contributed by atoms with van der Waals surface area (Å²) in [5.74, 6) is -2.65. The van der Waals surface area contributed by atoms with Crippen LogP contribution < -0.4 is 21.7 Å². The predicted molar refractivity (Wildman–Crippen MR) is 103 cm³/mol. The molecule has 0 spiro atoms. The van der Waals surface area contributed by atoms with Crippen molar-refractivity contribution in [3.8, 4) is 0 Å². The summed E-state index contributed by atoms with van der Waals surface area (Å²) in [5.41, 5.74) is 3.60. The molecule has 0 aromatic carbocycles. The molecule has 0 aromatic heterocycles. The second-order valence-electron chi connectivity index (χ2n) is 8.29. The number of nitrogens with two attached hydrogens (primary N) is 1. The second-order valence-corrected chi connectivity index (χ2v) is 8.29. The summed E-state index contributed by atoms with van der Waals surface area (Å²) in [6.45, 7) is 9.19. The lowest BCUT2D eigenvalue weighted by Crippen LogP contribution is -2.49. The number of nitrogens with one attached hydrogen (secondary N) is 3. The smallest absolute Gasteiger partial charge is 0.408 e. The largest absolute Gasteiger partial charge is 0.458 e. The lowest BCUT2D eigenvalue weighted by molar-refractivity contribution is -0.158. The summed E-state index contributed by atoms with van der Waals surface area (Å²) < 4.78 is 10.2. The fourth-order valence-electron chi connectivity index (χ4n) is 1.86. The summed E-state index contributed by atoms with van der Waals surface area (Å²) in [5, 5.41) is 6.94. The molecule has 0 rings (SSSR count). The molecular formula is C18H32N4O7. The third-order valence-corrected chi connectivity index (χ3v) is 2.94. The normalized spacial score (nSPS) is 12.3. The summed E-state index contributed by atoms with van der Waals surface area (Å²) >= 11 is 0. The Morgan fingerprint density at radius 1 is 0.828 bits per heavy atom. The number of amides is 4. The maximum atomic E-state index is 12.2. The lowest BCUT2D eigenvalue weighted by Gasteiger charge is -2.24. The van der Waals surface area contributed by atoms with Crippen LogP contribution in [0.3, 0.4) is 0 Å². The molecule has 4 amide bonds. The van der Waals surface area contributed by atoms with Gasteiger partial charge in [-0.25, -0.2) is 9.59 Å². The van der Waals surface area contributed by atoms with E-state index in [1.807, 2.05) is 0 Å². The fraction of sp³-hybridized carbons (Fsp3) is 0.722. The van der Waals surface area contributed by atoms with Crippen LogP contribution in [-0.2, 0) is 28.7 Å². The minimum Gasteiger partial charge on any atom is -0.458 e. The third kappa shape index (κ3) is 14.8. The first-order valence-corrected chi connectivity index (χ1v) is 9.13. The number of carbonyl (C=O) groups is 5. The maximum Gasteiger partial charge on any atom is 0.408 e. The zero-order chi connectivity index (χ0) is 22.8. The van der Waals surface area contributed by atoms with Crippen LogP contribution in [0.1, 0.15) is 54.4 Å². The summed E-state index contributed by atoms with van der Waals surface area (Å²) in [7, 11) is 0. The molecule has 166 valence electrons. The molecule has 11 nitrogen and oxygen atoms in total. The number of ether oxygens (including phenoxy) is 2.